The first-order valence-corrected chi connectivity index (χ1v) is 9.82. The predicted molar refractivity (Wildman–Crippen MR) is 101 cm³/mol. The van der Waals surface area contributed by atoms with E-state index in [0.717, 1.165) is 37.7 Å². The summed E-state index contributed by atoms with van der Waals surface area (Å²) in [5.74, 6) is 0.899. The number of piperidine rings is 1. The van der Waals surface area contributed by atoms with E-state index < -0.39 is 0 Å². The summed E-state index contributed by atoms with van der Waals surface area (Å²) in [5, 5.41) is 6.85. The van der Waals surface area contributed by atoms with Crippen molar-refractivity contribution in [3.8, 4) is 0 Å². The maximum absolute atomic E-state index is 11.9. The predicted octanol–water partition coefficient (Wildman–Crippen LogP) is 3.82. The minimum atomic E-state index is 0.0500. The van der Waals surface area contributed by atoms with E-state index in [4.69, 9.17) is 0 Å². The standard InChI is InChI=1S/C20H26N2OS/c23-20(19-10-15-24-16-19)21-11-14-22-12-8-18(9-13-22)7-6-17-4-2-1-3-5-17/h1-5,10,15-16,18H,6-9,11-14H2,(H,21,23). The van der Waals surface area contributed by atoms with E-state index in [0.29, 0.717) is 0 Å². The lowest BCUT2D eigenvalue weighted by molar-refractivity contribution is 0.0944. The molecule has 1 amide bonds. The molecule has 1 aromatic heterocycles. The van der Waals surface area contributed by atoms with Gasteiger partial charge in [-0.15, -0.1) is 0 Å². The smallest absolute Gasteiger partial charge is 0.252 e. The van der Waals surface area contributed by atoms with Crippen LogP contribution in [0, 0.1) is 5.92 Å². The number of carbonyl (C=O) groups excluding carboxylic acids is 1. The van der Waals surface area contributed by atoms with Crippen molar-refractivity contribution in [2.75, 3.05) is 26.2 Å². The summed E-state index contributed by atoms with van der Waals surface area (Å²) in [5.41, 5.74) is 2.23. The van der Waals surface area contributed by atoms with Crippen LogP contribution in [-0.2, 0) is 6.42 Å². The van der Waals surface area contributed by atoms with Gasteiger partial charge in [0.05, 0.1) is 0 Å². The van der Waals surface area contributed by atoms with Crippen LogP contribution in [0.4, 0.5) is 0 Å². The van der Waals surface area contributed by atoms with Gasteiger partial charge in [-0.3, -0.25) is 4.79 Å². The topological polar surface area (TPSA) is 32.3 Å². The Morgan fingerprint density at radius 2 is 1.96 bits per heavy atom. The zero-order chi connectivity index (χ0) is 16.6. The third-order valence-corrected chi connectivity index (χ3v) is 5.57. The molecule has 0 aliphatic carbocycles. The van der Waals surface area contributed by atoms with Gasteiger partial charge in [-0.2, -0.15) is 11.3 Å². The van der Waals surface area contributed by atoms with Gasteiger partial charge in [0.25, 0.3) is 5.91 Å². The van der Waals surface area contributed by atoms with Gasteiger partial charge in [-0.05, 0) is 61.7 Å². The van der Waals surface area contributed by atoms with Gasteiger partial charge in [0.1, 0.15) is 0 Å². The molecule has 2 aromatic rings. The summed E-state index contributed by atoms with van der Waals surface area (Å²) in [6.45, 7) is 4.02. The monoisotopic (exact) mass is 342 g/mol. The Balaban J connectivity index is 1.30. The Kier molecular flexibility index (Phi) is 6.44. The normalized spacial score (nSPS) is 16.2. The van der Waals surface area contributed by atoms with Gasteiger partial charge >= 0.3 is 0 Å². The fraction of sp³-hybridized carbons (Fsp3) is 0.450. The molecule has 0 atom stereocenters. The summed E-state index contributed by atoms with van der Waals surface area (Å²) >= 11 is 1.56. The second-order valence-corrected chi connectivity index (χ2v) is 7.36. The molecular formula is C20H26N2OS. The van der Waals surface area contributed by atoms with Crippen LogP contribution in [0.1, 0.15) is 35.2 Å². The average molecular weight is 343 g/mol. The molecule has 2 heterocycles. The highest BCUT2D eigenvalue weighted by atomic mass is 32.1. The third kappa shape index (κ3) is 5.18. The minimum Gasteiger partial charge on any atom is -0.351 e. The molecule has 3 rings (SSSR count). The van der Waals surface area contributed by atoms with E-state index in [1.165, 1.54) is 31.2 Å². The van der Waals surface area contributed by atoms with Crippen molar-refractivity contribution in [2.45, 2.75) is 25.7 Å². The van der Waals surface area contributed by atoms with Gasteiger partial charge in [0.2, 0.25) is 0 Å². The van der Waals surface area contributed by atoms with Crippen molar-refractivity contribution in [1.82, 2.24) is 10.2 Å². The van der Waals surface area contributed by atoms with Crippen molar-refractivity contribution in [3.05, 3.63) is 58.3 Å². The minimum absolute atomic E-state index is 0.0500. The largest absolute Gasteiger partial charge is 0.351 e. The highest BCUT2D eigenvalue weighted by molar-refractivity contribution is 7.08. The molecule has 0 saturated carbocycles. The first kappa shape index (κ1) is 17.2. The number of hydrogen-bond acceptors (Lipinski definition) is 3. The average Bonchev–Trinajstić information content (AvgIpc) is 3.17. The molecule has 4 heteroatoms. The second kappa shape index (κ2) is 9.00. The quantitative estimate of drug-likeness (QED) is 0.829. The van der Waals surface area contributed by atoms with Crippen molar-refractivity contribution in [1.29, 1.82) is 0 Å². The zero-order valence-corrected chi connectivity index (χ0v) is 14.9. The number of rotatable bonds is 7. The Labute approximate surface area is 148 Å². The maximum Gasteiger partial charge on any atom is 0.252 e. The van der Waals surface area contributed by atoms with Crippen molar-refractivity contribution in [3.63, 3.8) is 0 Å². The van der Waals surface area contributed by atoms with E-state index in [1.807, 2.05) is 16.8 Å². The van der Waals surface area contributed by atoms with Gasteiger partial charge in [0.15, 0.2) is 0 Å². The van der Waals surface area contributed by atoms with Crippen LogP contribution in [0.5, 0.6) is 0 Å². The molecule has 1 aromatic carbocycles. The lowest BCUT2D eigenvalue weighted by atomic mass is 9.90. The summed E-state index contributed by atoms with van der Waals surface area (Å²) in [4.78, 5) is 14.4. The Morgan fingerprint density at radius 3 is 2.67 bits per heavy atom. The lowest BCUT2D eigenvalue weighted by Crippen LogP contribution is -2.39. The number of nitrogens with one attached hydrogen (secondary N) is 1. The number of amides is 1. The van der Waals surface area contributed by atoms with Crippen LogP contribution in [0.25, 0.3) is 0 Å². The van der Waals surface area contributed by atoms with E-state index >= 15 is 0 Å². The second-order valence-electron chi connectivity index (χ2n) is 6.58. The summed E-state index contributed by atoms with van der Waals surface area (Å²) in [6, 6.07) is 12.7. The molecule has 1 aliphatic heterocycles. The van der Waals surface area contributed by atoms with Crippen LogP contribution >= 0.6 is 11.3 Å². The Morgan fingerprint density at radius 1 is 1.17 bits per heavy atom. The third-order valence-electron chi connectivity index (χ3n) is 4.89. The van der Waals surface area contributed by atoms with E-state index in [9.17, 15) is 4.79 Å². The van der Waals surface area contributed by atoms with Gasteiger partial charge in [-0.1, -0.05) is 30.3 Å². The van der Waals surface area contributed by atoms with Gasteiger partial charge in [-0.25, -0.2) is 0 Å². The zero-order valence-electron chi connectivity index (χ0n) is 14.1. The number of nitrogens with zero attached hydrogens (tertiary/aromatic N) is 1. The summed E-state index contributed by atoms with van der Waals surface area (Å²) < 4.78 is 0. The maximum atomic E-state index is 11.9. The van der Waals surface area contributed by atoms with E-state index in [2.05, 4.69) is 40.5 Å². The number of carbonyl (C=O) groups is 1. The number of likely N-dealkylation sites (tertiary alicyclic amines) is 1. The molecule has 0 bridgehead atoms. The number of aryl methyl sites for hydroxylation is 1. The van der Waals surface area contributed by atoms with Crippen molar-refractivity contribution >= 4 is 17.2 Å². The Bertz CT molecular complexity index is 604. The molecule has 24 heavy (non-hydrogen) atoms. The SMILES string of the molecule is O=C(NCCN1CCC(CCc2ccccc2)CC1)c1ccsc1. The fourth-order valence-electron chi connectivity index (χ4n) is 3.34. The van der Waals surface area contributed by atoms with E-state index in [1.54, 1.807) is 11.3 Å². The Hall–Kier alpha value is -1.65. The molecule has 0 spiro atoms. The lowest BCUT2D eigenvalue weighted by Gasteiger charge is -2.32. The van der Waals surface area contributed by atoms with Crippen LogP contribution in [0.15, 0.2) is 47.2 Å². The highest BCUT2D eigenvalue weighted by Crippen LogP contribution is 2.22. The fourth-order valence-corrected chi connectivity index (χ4v) is 3.97. The molecule has 1 aliphatic rings. The van der Waals surface area contributed by atoms with Gasteiger partial charge < -0.3 is 10.2 Å². The summed E-state index contributed by atoms with van der Waals surface area (Å²) in [7, 11) is 0. The van der Waals surface area contributed by atoms with Crippen LogP contribution in [0.3, 0.4) is 0 Å². The van der Waals surface area contributed by atoms with Crippen LogP contribution < -0.4 is 5.32 Å². The molecule has 128 valence electrons. The molecule has 0 radical (unpaired) electrons. The van der Waals surface area contributed by atoms with Crippen LogP contribution in [-0.4, -0.2) is 37.0 Å². The molecule has 1 saturated heterocycles. The van der Waals surface area contributed by atoms with Gasteiger partial charge in [0, 0.05) is 24.0 Å². The van der Waals surface area contributed by atoms with E-state index in [-0.39, 0.29) is 5.91 Å². The summed E-state index contributed by atoms with van der Waals surface area (Å²) in [6.07, 6.45) is 5.06. The first-order chi connectivity index (χ1) is 11.8. The van der Waals surface area contributed by atoms with Crippen molar-refractivity contribution < 1.29 is 4.79 Å². The van der Waals surface area contributed by atoms with Crippen LogP contribution in [0.2, 0.25) is 0 Å². The molecule has 1 N–H and O–H groups in total. The number of thiophene rings is 1. The number of benzene rings is 1. The molecule has 0 unspecified atom stereocenters. The first-order valence-electron chi connectivity index (χ1n) is 8.88. The molecule has 1 fully saturated rings. The molecular weight excluding hydrogens is 316 g/mol. The molecule has 3 nitrogen and oxygen atoms in total. The number of hydrogen-bond donors (Lipinski definition) is 1. The highest BCUT2D eigenvalue weighted by Gasteiger charge is 2.18. The van der Waals surface area contributed by atoms with Crippen molar-refractivity contribution in [2.24, 2.45) is 5.92 Å².